The molecule has 0 heterocycles. The predicted molar refractivity (Wildman–Crippen MR) is 101 cm³/mol. The van der Waals surface area contributed by atoms with Crippen LogP contribution in [0.3, 0.4) is 0 Å². The molecule has 0 aliphatic rings. The van der Waals surface area contributed by atoms with Crippen LogP contribution in [0.1, 0.15) is 24.1 Å². The van der Waals surface area contributed by atoms with Crippen molar-refractivity contribution < 1.29 is 13.2 Å². The molecule has 25 heavy (non-hydrogen) atoms. The van der Waals surface area contributed by atoms with Crippen molar-refractivity contribution >= 4 is 28.2 Å². The van der Waals surface area contributed by atoms with E-state index in [9.17, 15) is 13.2 Å². The second-order valence-electron chi connectivity index (χ2n) is 5.87. The number of amides is 1. The first-order valence-corrected chi connectivity index (χ1v) is 9.56. The van der Waals surface area contributed by atoms with Gasteiger partial charge in [-0.05, 0) is 36.6 Å². The number of nitrogens with one attached hydrogen (secondary N) is 1. The molecule has 0 aliphatic heterocycles. The van der Waals surface area contributed by atoms with Gasteiger partial charge in [0.05, 0.1) is 17.0 Å². The number of hydrogen-bond acceptors (Lipinski definition) is 4. The van der Waals surface area contributed by atoms with Crippen LogP contribution in [-0.2, 0) is 21.1 Å². The average molecular weight is 383 g/mol. The van der Waals surface area contributed by atoms with E-state index in [-0.39, 0.29) is 29.3 Å². The maximum Gasteiger partial charge on any atom is 0.237 e. The summed E-state index contributed by atoms with van der Waals surface area (Å²) in [5.74, 6) is -0.237. The summed E-state index contributed by atoms with van der Waals surface area (Å²) >= 11 is 0. The Morgan fingerprint density at radius 1 is 1.08 bits per heavy atom. The van der Waals surface area contributed by atoms with Crippen LogP contribution in [-0.4, -0.2) is 26.6 Å². The lowest BCUT2D eigenvalue weighted by Crippen LogP contribution is -2.42. The Morgan fingerprint density at radius 2 is 1.64 bits per heavy atom. The summed E-state index contributed by atoms with van der Waals surface area (Å²) < 4.78 is 22.9. The molecule has 1 amide bonds. The Balaban J connectivity index is 0.00000312. The molecule has 2 unspecified atom stereocenters. The quantitative estimate of drug-likeness (QED) is 0.801. The van der Waals surface area contributed by atoms with E-state index >= 15 is 0 Å². The molecule has 0 radical (unpaired) electrons. The van der Waals surface area contributed by atoms with Crippen LogP contribution in [0.2, 0.25) is 0 Å². The largest absolute Gasteiger partial charge is 0.348 e. The SMILES string of the molecule is CC(NC(=O)C(N)Cc1ccccc1)c1ccc(S(C)(=O)=O)cc1.Cl. The molecule has 3 N–H and O–H groups in total. The third kappa shape index (κ3) is 6.16. The molecule has 5 nitrogen and oxygen atoms in total. The van der Waals surface area contributed by atoms with E-state index < -0.39 is 15.9 Å². The lowest BCUT2D eigenvalue weighted by molar-refractivity contribution is -0.123. The van der Waals surface area contributed by atoms with Crippen LogP contribution in [0.4, 0.5) is 0 Å². The Hall–Kier alpha value is -1.89. The third-order valence-electron chi connectivity index (χ3n) is 3.80. The van der Waals surface area contributed by atoms with Gasteiger partial charge in [-0.25, -0.2) is 8.42 Å². The van der Waals surface area contributed by atoms with Gasteiger partial charge in [-0.2, -0.15) is 0 Å². The highest BCUT2D eigenvalue weighted by Crippen LogP contribution is 2.16. The first-order valence-electron chi connectivity index (χ1n) is 7.67. The van der Waals surface area contributed by atoms with Gasteiger partial charge in [0.15, 0.2) is 9.84 Å². The second kappa shape index (κ2) is 8.99. The van der Waals surface area contributed by atoms with Crippen LogP contribution >= 0.6 is 12.4 Å². The average Bonchev–Trinajstić information content (AvgIpc) is 2.55. The molecular formula is C18H23ClN2O3S. The van der Waals surface area contributed by atoms with E-state index in [1.807, 2.05) is 37.3 Å². The second-order valence-corrected chi connectivity index (χ2v) is 7.88. The minimum atomic E-state index is -3.22. The zero-order valence-corrected chi connectivity index (χ0v) is 15.8. The molecule has 0 spiro atoms. The number of benzene rings is 2. The molecule has 2 rings (SSSR count). The molecule has 0 aliphatic carbocycles. The first kappa shape index (κ1) is 21.2. The Kier molecular flexibility index (Phi) is 7.60. The number of carbonyl (C=O) groups is 1. The molecule has 2 aromatic carbocycles. The normalized spacial score (nSPS) is 13.4. The fraction of sp³-hybridized carbons (Fsp3) is 0.278. The summed E-state index contributed by atoms with van der Waals surface area (Å²) in [6.45, 7) is 1.84. The predicted octanol–water partition coefficient (Wildman–Crippen LogP) is 2.26. The van der Waals surface area contributed by atoms with Gasteiger partial charge < -0.3 is 11.1 Å². The van der Waals surface area contributed by atoms with Gasteiger partial charge in [0.2, 0.25) is 5.91 Å². The van der Waals surface area contributed by atoms with Gasteiger partial charge >= 0.3 is 0 Å². The van der Waals surface area contributed by atoms with E-state index in [0.717, 1.165) is 17.4 Å². The van der Waals surface area contributed by atoms with E-state index in [0.29, 0.717) is 6.42 Å². The van der Waals surface area contributed by atoms with Crippen LogP contribution in [0.25, 0.3) is 0 Å². The molecule has 0 fully saturated rings. The smallest absolute Gasteiger partial charge is 0.237 e. The van der Waals surface area contributed by atoms with Gasteiger partial charge in [0, 0.05) is 6.26 Å². The van der Waals surface area contributed by atoms with Crippen molar-refractivity contribution in [2.75, 3.05) is 6.26 Å². The van der Waals surface area contributed by atoms with Crippen molar-refractivity contribution in [3.05, 3.63) is 65.7 Å². The van der Waals surface area contributed by atoms with Crippen molar-refractivity contribution in [1.82, 2.24) is 5.32 Å². The summed E-state index contributed by atoms with van der Waals surface area (Å²) in [6, 6.07) is 15.2. The number of halogens is 1. The van der Waals surface area contributed by atoms with Crippen molar-refractivity contribution in [3.63, 3.8) is 0 Å². The van der Waals surface area contributed by atoms with Gasteiger partial charge in [-0.15, -0.1) is 12.4 Å². The number of nitrogens with two attached hydrogens (primary N) is 1. The number of hydrogen-bond donors (Lipinski definition) is 2. The Bertz CT molecular complexity index is 793. The topological polar surface area (TPSA) is 89.3 Å². The summed E-state index contributed by atoms with van der Waals surface area (Å²) in [5, 5.41) is 2.86. The lowest BCUT2D eigenvalue weighted by atomic mass is 10.0. The molecule has 0 aromatic heterocycles. The molecule has 7 heteroatoms. The highest BCUT2D eigenvalue weighted by atomic mass is 35.5. The number of carbonyl (C=O) groups excluding carboxylic acids is 1. The zero-order chi connectivity index (χ0) is 17.7. The van der Waals surface area contributed by atoms with Gasteiger partial charge in [0.25, 0.3) is 0 Å². The van der Waals surface area contributed by atoms with Gasteiger partial charge in [-0.1, -0.05) is 42.5 Å². The number of rotatable bonds is 6. The Labute approximate surface area is 155 Å². The van der Waals surface area contributed by atoms with Crippen molar-refractivity contribution in [2.45, 2.75) is 30.3 Å². The van der Waals surface area contributed by atoms with E-state index in [1.54, 1.807) is 12.1 Å². The molecule has 136 valence electrons. The van der Waals surface area contributed by atoms with Crippen LogP contribution in [0.15, 0.2) is 59.5 Å². The minimum absolute atomic E-state index is 0. The monoisotopic (exact) mass is 382 g/mol. The molecular weight excluding hydrogens is 360 g/mol. The molecule has 2 atom stereocenters. The van der Waals surface area contributed by atoms with Crippen LogP contribution in [0, 0.1) is 0 Å². The fourth-order valence-electron chi connectivity index (χ4n) is 2.37. The van der Waals surface area contributed by atoms with E-state index in [1.165, 1.54) is 12.1 Å². The maximum absolute atomic E-state index is 12.2. The summed E-state index contributed by atoms with van der Waals surface area (Å²) in [7, 11) is -3.22. The van der Waals surface area contributed by atoms with Crippen LogP contribution in [0.5, 0.6) is 0 Å². The summed E-state index contributed by atoms with van der Waals surface area (Å²) in [6.07, 6.45) is 1.63. The summed E-state index contributed by atoms with van der Waals surface area (Å²) in [4.78, 5) is 12.5. The van der Waals surface area contributed by atoms with Gasteiger partial charge in [0.1, 0.15) is 0 Å². The fourth-order valence-corrected chi connectivity index (χ4v) is 3.00. The van der Waals surface area contributed by atoms with Crippen molar-refractivity contribution in [3.8, 4) is 0 Å². The molecule has 0 saturated heterocycles. The minimum Gasteiger partial charge on any atom is -0.348 e. The highest BCUT2D eigenvalue weighted by molar-refractivity contribution is 7.90. The van der Waals surface area contributed by atoms with Crippen molar-refractivity contribution in [2.24, 2.45) is 5.73 Å². The highest BCUT2D eigenvalue weighted by Gasteiger charge is 2.17. The summed E-state index contributed by atoms with van der Waals surface area (Å²) in [5.41, 5.74) is 7.79. The van der Waals surface area contributed by atoms with Crippen LogP contribution < -0.4 is 11.1 Å². The number of sulfone groups is 1. The third-order valence-corrected chi connectivity index (χ3v) is 4.93. The maximum atomic E-state index is 12.2. The standard InChI is InChI=1S/C18H22N2O3S.ClH/c1-13(15-8-10-16(11-9-15)24(2,22)23)20-18(21)17(19)12-14-6-4-3-5-7-14;/h3-11,13,17H,12,19H2,1-2H3,(H,20,21);1H. The van der Waals surface area contributed by atoms with Gasteiger partial charge in [-0.3, -0.25) is 4.79 Å². The first-order chi connectivity index (χ1) is 11.3. The Morgan fingerprint density at radius 3 is 2.16 bits per heavy atom. The zero-order valence-electron chi connectivity index (χ0n) is 14.2. The molecule has 0 saturated carbocycles. The van der Waals surface area contributed by atoms with Crippen molar-refractivity contribution in [1.29, 1.82) is 0 Å². The molecule has 2 aromatic rings. The lowest BCUT2D eigenvalue weighted by Gasteiger charge is -2.18. The van der Waals surface area contributed by atoms with E-state index in [4.69, 9.17) is 5.73 Å². The van der Waals surface area contributed by atoms with E-state index in [2.05, 4.69) is 5.32 Å². The molecule has 0 bridgehead atoms.